The molecule has 0 aliphatic heterocycles. The lowest BCUT2D eigenvalue weighted by Gasteiger charge is -2.14. The molecule has 0 saturated carbocycles. The highest BCUT2D eigenvalue weighted by molar-refractivity contribution is 5.73. The molecule has 128 valence electrons. The van der Waals surface area contributed by atoms with E-state index >= 15 is 0 Å². The largest absolute Gasteiger partial charge is 0.391 e. The van der Waals surface area contributed by atoms with Gasteiger partial charge in [-0.05, 0) is 16.7 Å². The van der Waals surface area contributed by atoms with Crippen LogP contribution in [0, 0.1) is 0 Å². The number of nitrogens with one attached hydrogen (secondary N) is 2. The normalized spacial score (nSPS) is 11.8. The van der Waals surface area contributed by atoms with Crippen molar-refractivity contribution in [2.45, 2.75) is 25.7 Å². The molecule has 0 heterocycles. The Morgan fingerprint density at radius 3 is 2.42 bits per heavy atom. The second-order valence-electron chi connectivity index (χ2n) is 5.61. The number of hydrogen-bond acceptors (Lipinski definition) is 3. The molecule has 1 atom stereocenters. The van der Waals surface area contributed by atoms with E-state index in [9.17, 15) is 9.90 Å². The summed E-state index contributed by atoms with van der Waals surface area (Å²) in [5, 5.41) is 15.5. The minimum Gasteiger partial charge on any atom is -0.391 e. The van der Waals surface area contributed by atoms with E-state index in [1.165, 1.54) is 0 Å². The smallest absolute Gasteiger partial charge is 0.315 e. The fourth-order valence-electron chi connectivity index (χ4n) is 2.43. The van der Waals surface area contributed by atoms with Gasteiger partial charge in [-0.1, -0.05) is 54.6 Å². The summed E-state index contributed by atoms with van der Waals surface area (Å²) in [5.41, 5.74) is 3.10. The van der Waals surface area contributed by atoms with Crippen LogP contribution in [0.3, 0.4) is 0 Å². The Morgan fingerprint density at radius 2 is 1.71 bits per heavy atom. The summed E-state index contributed by atoms with van der Waals surface area (Å²) in [7, 11) is 1.64. The van der Waals surface area contributed by atoms with Crippen LogP contribution in [0.4, 0.5) is 4.79 Å². The van der Waals surface area contributed by atoms with E-state index in [4.69, 9.17) is 4.74 Å². The minimum absolute atomic E-state index is 0.209. The molecule has 2 amide bonds. The van der Waals surface area contributed by atoms with Gasteiger partial charge in [0.25, 0.3) is 0 Å². The first kappa shape index (κ1) is 18.0. The number of amides is 2. The molecule has 0 aromatic heterocycles. The third kappa shape index (κ3) is 6.02. The molecular weight excluding hydrogens is 304 g/mol. The van der Waals surface area contributed by atoms with Crippen LogP contribution in [0.25, 0.3) is 0 Å². The lowest BCUT2D eigenvalue weighted by atomic mass is 10.1. The van der Waals surface area contributed by atoms with Crippen molar-refractivity contribution in [2.75, 3.05) is 13.7 Å². The van der Waals surface area contributed by atoms with Gasteiger partial charge in [-0.15, -0.1) is 0 Å². The molecule has 0 aliphatic carbocycles. The van der Waals surface area contributed by atoms with E-state index in [2.05, 4.69) is 10.6 Å². The number of ether oxygens (including phenoxy) is 1. The van der Waals surface area contributed by atoms with Crippen molar-refractivity contribution in [3.63, 3.8) is 0 Å². The number of aliphatic hydroxyl groups excluding tert-OH is 1. The topological polar surface area (TPSA) is 70.6 Å². The molecule has 24 heavy (non-hydrogen) atoms. The Balaban J connectivity index is 1.73. The Hall–Kier alpha value is -2.37. The van der Waals surface area contributed by atoms with Crippen molar-refractivity contribution >= 4 is 6.03 Å². The molecule has 2 rings (SSSR count). The van der Waals surface area contributed by atoms with Crippen LogP contribution in [0.2, 0.25) is 0 Å². The molecule has 0 saturated heterocycles. The first-order valence-corrected chi connectivity index (χ1v) is 7.98. The average molecular weight is 328 g/mol. The van der Waals surface area contributed by atoms with Crippen molar-refractivity contribution in [3.05, 3.63) is 71.3 Å². The summed E-state index contributed by atoms with van der Waals surface area (Å²) in [6.45, 7) is 1.13. The highest BCUT2D eigenvalue weighted by atomic mass is 16.5. The summed E-state index contributed by atoms with van der Waals surface area (Å²) < 4.78 is 5.15. The number of urea groups is 1. The van der Waals surface area contributed by atoms with Crippen LogP contribution in [0.5, 0.6) is 0 Å². The molecule has 0 fully saturated rings. The Kier molecular flexibility index (Phi) is 7.26. The zero-order chi connectivity index (χ0) is 17.2. The van der Waals surface area contributed by atoms with Crippen LogP contribution in [-0.2, 0) is 24.3 Å². The maximum atomic E-state index is 11.9. The number of rotatable bonds is 8. The van der Waals surface area contributed by atoms with E-state index in [1.54, 1.807) is 7.11 Å². The number of carbonyl (C=O) groups excluding carboxylic acids is 1. The van der Waals surface area contributed by atoms with Gasteiger partial charge in [0.1, 0.15) is 0 Å². The molecule has 5 nitrogen and oxygen atoms in total. The van der Waals surface area contributed by atoms with Crippen molar-refractivity contribution in [1.29, 1.82) is 0 Å². The Bertz CT molecular complexity index is 632. The third-order valence-corrected chi connectivity index (χ3v) is 3.67. The molecule has 3 N–H and O–H groups in total. The molecule has 2 aromatic carbocycles. The second kappa shape index (κ2) is 9.70. The number of aliphatic hydroxyl groups is 1. The SMILES string of the molecule is COCc1ccccc1CNC(=O)NCC(O)Cc1ccccc1. The fraction of sp³-hybridized carbons (Fsp3) is 0.316. The quantitative estimate of drug-likeness (QED) is 0.696. The molecule has 5 heteroatoms. The molecule has 2 aromatic rings. The molecule has 1 unspecified atom stereocenters. The molecule has 0 radical (unpaired) electrons. The van der Waals surface area contributed by atoms with Crippen LogP contribution in [-0.4, -0.2) is 30.9 Å². The van der Waals surface area contributed by atoms with E-state index in [0.29, 0.717) is 19.6 Å². The van der Waals surface area contributed by atoms with Gasteiger partial charge < -0.3 is 20.5 Å². The standard InChI is InChI=1S/C19H24N2O3/c1-24-14-17-10-6-5-9-16(17)12-20-19(23)21-13-18(22)11-15-7-3-2-4-8-15/h2-10,18,22H,11-14H2,1H3,(H2,20,21,23). The molecule has 0 aliphatic rings. The highest BCUT2D eigenvalue weighted by Crippen LogP contribution is 2.09. The monoisotopic (exact) mass is 328 g/mol. The number of hydrogen-bond donors (Lipinski definition) is 3. The van der Waals surface area contributed by atoms with Gasteiger partial charge in [-0.2, -0.15) is 0 Å². The van der Waals surface area contributed by atoms with Crippen LogP contribution >= 0.6 is 0 Å². The lowest BCUT2D eigenvalue weighted by molar-refractivity contribution is 0.170. The van der Waals surface area contributed by atoms with E-state index in [-0.39, 0.29) is 12.6 Å². The van der Waals surface area contributed by atoms with E-state index < -0.39 is 6.10 Å². The number of methoxy groups -OCH3 is 1. The van der Waals surface area contributed by atoms with Crippen LogP contribution in [0.1, 0.15) is 16.7 Å². The van der Waals surface area contributed by atoms with E-state index in [1.807, 2.05) is 54.6 Å². The predicted molar refractivity (Wildman–Crippen MR) is 93.5 cm³/mol. The van der Waals surface area contributed by atoms with Crippen LogP contribution in [0.15, 0.2) is 54.6 Å². The summed E-state index contributed by atoms with van der Waals surface area (Å²) in [4.78, 5) is 11.9. The van der Waals surface area contributed by atoms with Crippen molar-refractivity contribution in [3.8, 4) is 0 Å². The van der Waals surface area contributed by atoms with Crippen LogP contribution < -0.4 is 10.6 Å². The van der Waals surface area contributed by atoms with Gasteiger partial charge in [0.2, 0.25) is 0 Å². The maximum Gasteiger partial charge on any atom is 0.315 e. The summed E-state index contributed by atoms with van der Waals surface area (Å²) in [6, 6.07) is 17.2. The van der Waals surface area contributed by atoms with Gasteiger partial charge in [0.05, 0.1) is 12.7 Å². The van der Waals surface area contributed by atoms with Crippen molar-refractivity contribution < 1.29 is 14.6 Å². The van der Waals surface area contributed by atoms with E-state index in [0.717, 1.165) is 16.7 Å². The van der Waals surface area contributed by atoms with Gasteiger partial charge in [0, 0.05) is 26.6 Å². The summed E-state index contributed by atoms with van der Waals surface area (Å²) in [5.74, 6) is 0. The highest BCUT2D eigenvalue weighted by Gasteiger charge is 2.08. The lowest BCUT2D eigenvalue weighted by Crippen LogP contribution is -2.40. The number of benzene rings is 2. The first-order chi connectivity index (χ1) is 11.7. The predicted octanol–water partition coefficient (Wildman–Crippen LogP) is 2.24. The summed E-state index contributed by atoms with van der Waals surface area (Å²) in [6.07, 6.45) is -0.100. The number of carbonyl (C=O) groups is 1. The summed E-state index contributed by atoms with van der Waals surface area (Å²) >= 11 is 0. The van der Waals surface area contributed by atoms with Gasteiger partial charge in [-0.25, -0.2) is 4.79 Å². The third-order valence-electron chi connectivity index (χ3n) is 3.67. The molecule has 0 spiro atoms. The maximum absolute atomic E-state index is 11.9. The first-order valence-electron chi connectivity index (χ1n) is 7.98. The molecular formula is C19H24N2O3. The zero-order valence-corrected chi connectivity index (χ0v) is 13.9. The Morgan fingerprint density at radius 1 is 1.04 bits per heavy atom. The van der Waals surface area contributed by atoms with Gasteiger partial charge >= 0.3 is 6.03 Å². The minimum atomic E-state index is -0.612. The van der Waals surface area contributed by atoms with Gasteiger partial charge in [-0.3, -0.25) is 0 Å². The van der Waals surface area contributed by atoms with Crippen molar-refractivity contribution in [2.24, 2.45) is 0 Å². The van der Waals surface area contributed by atoms with Gasteiger partial charge in [0.15, 0.2) is 0 Å². The second-order valence-corrected chi connectivity index (χ2v) is 5.61. The average Bonchev–Trinajstić information content (AvgIpc) is 2.60. The Labute approximate surface area is 142 Å². The zero-order valence-electron chi connectivity index (χ0n) is 13.9. The van der Waals surface area contributed by atoms with Crippen molar-refractivity contribution in [1.82, 2.24) is 10.6 Å². The molecule has 0 bridgehead atoms. The fourth-order valence-corrected chi connectivity index (χ4v) is 2.43.